The van der Waals surface area contributed by atoms with Crippen LogP contribution in [0.3, 0.4) is 0 Å². The number of aryl methyl sites for hydroxylation is 1. The van der Waals surface area contributed by atoms with Crippen molar-refractivity contribution in [3.63, 3.8) is 0 Å². The van der Waals surface area contributed by atoms with Gasteiger partial charge in [-0.3, -0.25) is 9.48 Å². The molecule has 1 amide bonds. The number of nitrogens with one attached hydrogen (secondary N) is 2. The number of hydrogen-bond donors (Lipinski definition) is 2. The van der Waals surface area contributed by atoms with E-state index in [0.717, 1.165) is 6.08 Å². The molecule has 10 nitrogen and oxygen atoms in total. The highest BCUT2D eigenvalue weighted by Gasteiger charge is 2.15. The second kappa shape index (κ2) is 10.4. The average Bonchev–Trinajstić information content (AvgIpc) is 3.24. The molecule has 0 spiro atoms. The number of pyridine rings is 1. The van der Waals surface area contributed by atoms with Gasteiger partial charge in [-0.2, -0.15) is 18.9 Å². The number of rotatable bonds is 9. The third-order valence-electron chi connectivity index (χ3n) is 4.47. The fourth-order valence-electron chi connectivity index (χ4n) is 2.96. The van der Waals surface area contributed by atoms with Gasteiger partial charge in [0.2, 0.25) is 23.6 Å². The van der Waals surface area contributed by atoms with Crippen molar-refractivity contribution >= 4 is 23.2 Å². The quantitative estimate of drug-likeness (QED) is 0.336. The lowest BCUT2D eigenvalue weighted by Gasteiger charge is -2.13. The molecule has 3 aromatic heterocycles. The Hall–Kier alpha value is -4.87. The Morgan fingerprint density at radius 1 is 1.14 bits per heavy atom. The summed E-state index contributed by atoms with van der Waals surface area (Å²) in [6, 6.07) is 9.52. The lowest BCUT2D eigenvalue weighted by Crippen LogP contribution is -2.07. The zero-order chi connectivity index (χ0) is 24.8. The van der Waals surface area contributed by atoms with Crippen LogP contribution in [0.25, 0.3) is 11.1 Å². The Morgan fingerprint density at radius 3 is 2.69 bits per heavy atom. The normalized spacial score (nSPS) is 10.6. The van der Waals surface area contributed by atoms with Crippen LogP contribution in [-0.2, 0) is 11.8 Å². The van der Waals surface area contributed by atoms with Crippen molar-refractivity contribution in [2.75, 3.05) is 10.6 Å². The maximum absolute atomic E-state index is 12.5. The molecule has 0 aliphatic rings. The summed E-state index contributed by atoms with van der Waals surface area (Å²) in [4.78, 5) is 24.3. The van der Waals surface area contributed by atoms with Gasteiger partial charge < -0.3 is 20.1 Å². The summed E-state index contributed by atoms with van der Waals surface area (Å²) in [5.41, 5.74) is 2.10. The molecule has 0 bridgehead atoms. The molecule has 4 rings (SSSR count). The van der Waals surface area contributed by atoms with Crippen molar-refractivity contribution in [1.82, 2.24) is 24.7 Å². The van der Waals surface area contributed by atoms with Crippen LogP contribution < -0.4 is 20.1 Å². The summed E-state index contributed by atoms with van der Waals surface area (Å²) in [6.07, 6.45) is 7.36. The van der Waals surface area contributed by atoms with Crippen LogP contribution in [0.2, 0.25) is 0 Å². The molecule has 0 aliphatic heterocycles. The van der Waals surface area contributed by atoms with Gasteiger partial charge in [-0.1, -0.05) is 12.6 Å². The number of carbonyl (C=O) groups excluding carboxylic acids is 1. The van der Waals surface area contributed by atoms with Gasteiger partial charge in [-0.25, -0.2) is 9.97 Å². The third kappa shape index (κ3) is 6.13. The first kappa shape index (κ1) is 23.3. The number of anilines is 3. The van der Waals surface area contributed by atoms with Crippen molar-refractivity contribution in [3.8, 4) is 28.6 Å². The molecule has 2 N–H and O–H groups in total. The van der Waals surface area contributed by atoms with Gasteiger partial charge in [0, 0.05) is 49.0 Å². The van der Waals surface area contributed by atoms with Crippen molar-refractivity contribution in [3.05, 3.63) is 73.8 Å². The first-order valence-electron chi connectivity index (χ1n) is 10.1. The Labute approximate surface area is 198 Å². The summed E-state index contributed by atoms with van der Waals surface area (Å²) < 4.78 is 36.9. The molecular weight excluding hydrogens is 460 g/mol. The molecule has 35 heavy (non-hydrogen) atoms. The molecule has 1 aromatic carbocycles. The van der Waals surface area contributed by atoms with Crippen molar-refractivity contribution in [2.45, 2.75) is 6.61 Å². The van der Waals surface area contributed by atoms with E-state index in [1.807, 2.05) is 0 Å². The number of amides is 1. The van der Waals surface area contributed by atoms with Crippen LogP contribution in [0.15, 0.2) is 73.8 Å². The van der Waals surface area contributed by atoms with E-state index in [1.54, 1.807) is 48.4 Å². The minimum Gasteiger partial charge on any atom is -0.438 e. The van der Waals surface area contributed by atoms with Gasteiger partial charge in [0.25, 0.3) is 0 Å². The van der Waals surface area contributed by atoms with E-state index in [-0.39, 0.29) is 23.6 Å². The van der Waals surface area contributed by atoms with Gasteiger partial charge in [-0.05, 0) is 24.3 Å². The summed E-state index contributed by atoms with van der Waals surface area (Å²) in [6.45, 7) is 0.446. The predicted molar refractivity (Wildman–Crippen MR) is 124 cm³/mol. The van der Waals surface area contributed by atoms with E-state index >= 15 is 0 Å². The molecule has 0 radical (unpaired) electrons. The Balaban J connectivity index is 1.67. The van der Waals surface area contributed by atoms with E-state index in [2.05, 4.69) is 42.0 Å². The van der Waals surface area contributed by atoms with Crippen molar-refractivity contribution < 1.29 is 23.0 Å². The van der Waals surface area contributed by atoms with Crippen LogP contribution in [0.1, 0.15) is 0 Å². The molecule has 0 fully saturated rings. The lowest BCUT2D eigenvalue weighted by atomic mass is 10.1. The number of ether oxygens (including phenoxy) is 2. The largest absolute Gasteiger partial charge is 0.438 e. The monoisotopic (exact) mass is 479 g/mol. The minimum atomic E-state index is -2.98. The fourth-order valence-corrected chi connectivity index (χ4v) is 2.96. The van der Waals surface area contributed by atoms with Gasteiger partial charge >= 0.3 is 6.61 Å². The van der Waals surface area contributed by atoms with Crippen LogP contribution in [0, 0.1) is 0 Å². The van der Waals surface area contributed by atoms with E-state index < -0.39 is 6.61 Å². The molecule has 0 unspecified atom stereocenters. The summed E-state index contributed by atoms with van der Waals surface area (Å²) in [5, 5.41) is 9.78. The van der Waals surface area contributed by atoms with E-state index in [4.69, 9.17) is 4.74 Å². The molecule has 178 valence electrons. The molecular formula is C23H19F2N7O3. The number of nitrogens with zero attached hydrogens (tertiary/aromatic N) is 5. The second-order valence-electron chi connectivity index (χ2n) is 7.03. The molecule has 0 saturated carbocycles. The highest BCUT2D eigenvalue weighted by atomic mass is 19.3. The topological polar surface area (TPSA) is 116 Å². The number of alkyl halides is 2. The fraction of sp³-hybridized carbons (Fsp3) is 0.0870. The first-order valence-corrected chi connectivity index (χ1v) is 10.1. The number of carbonyl (C=O) groups is 1. The molecule has 0 aliphatic carbocycles. The first-order chi connectivity index (χ1) is 16.9. The molecule has 4 aromatic rings. The number of aromatic nitrogens is 5. The van der Waals surface area contributed by atoms with Gasteiger partial charge in [-0.15, -0.1) is 0 Å². The summed E-state index contributed by atoms with van der Waals surface area (Å²) in [5.74, 6) is 0.170. The molecule has 0 saturated heterocycles. The van der Waals surface area contributed by atoms with Crippen LogP contribution in [-0.4, -0.2) is 37.3 Å². The van der Waals surface area contributed by atoms with Crippen LogP contribution in [0.4, 0.5) is 26.1 Å². The zero-order valence-electron chi connectivity index (χ0n) is 18.4. The third-order valence-corrected chi connectivity index (χ3v) is 4.47. The summed E-state index contributed by atoms with van der Waals surface area (Å²) in [7, 11) is 1.77. The van der Waals surface area contributed by atoms with Crippen LogP contribution in [0.5, 0.6) is 17.5 Å². The van der Waals surface area contributed by atoms with Gasteiger partial charge in [0.1, 0.15) is 5.75 Å². The Kier molecular flexibility index (Phi) is 6.91. The summed E-state index contributed by atoms with van der Waals surface area (Å²) >= 11 is 0. The van der Waals surface area contributed by atoms with Crippen molar-refractivity contribution in [1.29, 1.82) is 0 Å². The SMILES string of the molecule is C=CC(=O)Nc1cccc(Oc2nc(Nc3cnn(C)c3)ncc2-c2ccc(OC(F)F)nc2)c1. The maximum atomic E-state index is 12.5. The highest BCUT2D eigenvalue weighted by molar-refractivity contribution is 5.98. The molecule has 12 heteroatoms. The van der Waals surface area contributed by atoms with E-state index in [1.165, 1.54) is 24.5 Å². The number of benzene rings is 1. The van der Waals surface area contributed by atoms with E-state index in [9.17, 15) is 13.6 Å². The second-order valence-corrected chi connectivity index (χ2v) is 7.03. The minimum absolute atomic E-state index is 0.155. The average molecular weight is 479 g/mol. The smallest absolute Gasteiger partial charge is 0.388 e. The standard InChI is InChI=1S/C23H19F2N7O3/c1-3-19(33)29-15-5-4-6-17(9-15)34-21-18(14-7-8-20(26-10-14)35-22(24)25)12-27-23(31-21)30-16-11-28-32(2)13-16/h3-13,22H,1H2,2H3,(H,29,33)(H,27,30,31). The maximum Gasteiger partial charge on any atom is 0.388 e. The Bertz CT molecular complexity index is 1340. The van der Waals surface area contributed by atoms with Gasteiger partial charge in [0.15, 0.2) is 0 Å². The Morgan fingerprint density at radius 2 is 2.00 bits per heavy atom. The molecule has 3 heterocycles. The lowest BCUT2D eigenvalue weighted by molar-refractivity contribution is -0.111. The zero-order valence-corrected chi connectivity index (χ0v) is 18.4. The van der Waals surface area contributed by atoms with Crippen molar-refractivity contribution in [2.24, 2.45) is 7.05 Å². The van der Waals surface area contributed by atoms with Gasteiger partial charge in [0.05, 0.1) is 17.4 Å². The number of hydrogen-bond acceptors (Lipinski definition) is 8. The highest BCUT2D eigenvalue weighted by Crippen LogP contribution is 2.33. The molecule has 0 atom stereocenters. The predicted octanol–water partition coefficient (Wildman–Crippen LogP) is 4.53. The van der Waals surface area contributed by atoms with E-state index in [0.29, 0.717) is 28.3 Å². The van der Waals surface area contributed by atoms with Crippen LogP contribution >= 0.6 is 0 Å². The number of halogens is 2.